The third kappa shape index (κ3) is 6.15. The van der Waals surface area contributed by atoms with Crippen molar-refractivity contribution < 1.29 is 9.13 Å². The molecule has 1 heterocycles. The number of nitrogens with zero attached hydrogens (tertiary/aromatic N) is 1. The van der Waals surface area contributed by atoms with E-state index in [9.17, 15) is 4.39 Å². The van der Waals surface area contributed by atoms with Crippen molar-refractivity contribution in [2.45, 2.75) is 45.4 Å². The van der Waals surface area contributed by atoms with E-state index in [4.69, 9.17) is 4.74 Å². The summed E-state index contributed by atoms with van der Waals surface area (Å²) in [6.45, 7) is 7.22. The van der Waals surface area contributed by atoms with Gasteiger partial charge in [-0.15, -0.1) is 0 Å². The first-order valence-corrected chi connectivity index (χ1v) is 8.28. The lowest BCUT2D eigenvalue weighted by Crippen LogP contribution is -2.21. The molecular weight excluding hydrogens is 265 g/mol. The highest BCUT2D eigenvalue weighted by Gasteiger charge is 2.10. The van der Waals surface area contributed by atoms with Gasteiger partial charge in [-0.1, -0.05) is 17.7 Å². The number of hydrogen-bond acceptors (Lipinski definition) is 2. The monoisotopic (exact) mass is 293 g/mol. The van der Waals surface area contributed by atoms with E-state index >= 15 is 0 Å². The second-order valence-electron chi connectivity index (χ2n) is 6.05. The largest absolute Gasteiger partial charge is 0.381 e. The fourth-order valence-corrected chi connectivity index (χ4v) is 2.86. The highest BCUT2D eigenvalue weighted by atomic mass is 19.1. The standard InChI is InChI=1S/C18H28FNO/c1-16-7-8-17(9-10-18(16)19)6-4-14-21-15-5-13-20-11-2-3-12-20/h7,9-10H,2-6,8,11-15H2,1H3. The van der Waals surface area contributed by atoms with Crippen molar-refractivity contribution in [2.24, 2.45) is 0 Å². The lowest BCUT2D eigenvalue weighted by Gasteiger charge is -2.14. The molecule has 2 rings (SSSR count). The Kier molecular flexibility index (Phi) is 7.17. The van der Waals surface area contributed by atoms with Crippen LogP contribution in [-0.4, -0.2) is 37.7 Å². The Morgan fingerprint density at radius 1 is 1.14 bits per heavy atom. The summed E-state index contributed by atoms with van der Waals surface area (Å²) in [4.78, 5) is 2.52. The summed E-state index contributed by atoms with van der Waals surface area (Å²) < 4.78 is 19.1. The van der Waals surface area contributed by atoms with Gasteiger partial charge in [0.25, 0.3) is 0 Å². The average molecular weight is 293 g/mol. The summed E-state index contributed by atoms with van der Waals surface area (Å²) in [6, 6.07) is 0. The molecule has 1 saturated heterocycles. The van der Waals surface area contributed by atoms with Crippen molar-refractivity contribution in [2.75, 3.05) is 32.8 Å². The first-order chi connectivity index (χ1) is 10.3. The van der Waals surface area contributed by atoms with Crippen LogP contribution in [0.3, 0.4) is 0 Å². The van der Waals surface area contributed by atoms with Crippen LogP contribution in [0.4, 0.5) is 4.39 Å². The molecule has 0 amide bonds. The van der Waals surface area contributed by atoms with Crippen LogP contribution in [0.25, 0.3) is 0 Å². The van der Waals surface area contributed by atoms with E-state index in [1.54, 1.807) is 6.08 Å². The topological polar surface area (TPSA) is 12.5 Å². The average Bonchev–Trinajstić information content (AvgIpc) is 2.95. The normalized spacial score (nSPS) is 20.0. The molecule has 0 radical (unpaired) electrons. The van der Waals surface area contributed by atoms with Gasteiger partial charge in [0, 0.05) is 19.8 Å². The lowest BCUT2D eigenvalue weighted by molar-refractivity contribution is 0.121. The maximum atomic E-state index is 13.4. The van der Waals surface area contributed by atoms with Crippen LogP contribution in [-0.2, 0) is 4.74 Å². The first kappa shape index (κ1) is 16.4. The van der Waals surface area contributed by atoms with Crippen molar-refractivity contribution >= 4 is 0 Å². The highest BCUT2D eigenvalue weighted by molar-refractivity contribution is 5.33. The maximum Gasteiger partial charge on any atom is 0.125 e. The van der Waals surface area contributed by atoms with Crippen LogP contribution in [0.2, 0.25) is 0 Å². The molecule has 0 unspecified atom stereocenters. The molecule has 1 aliphatic heterocycles. The molecule has 0 saturated carbocycles. The molecule has 0 aromatic rings. The summed E-state index contributed by atoms with van der Waals surface area (Å²) in [5.41, 5.74) is 2.04. The van der Waals surface area contributed by atoms with Gasteiger partial charge in [-0.2, -0.15) is 0 Å². The first-order valence-electron chi connectivity index (χ1n) is 8.28. The third-order valence-electron chi connectivity index (χ3n) is 4.26. The van der Waals surface area contributed by atoms with E-state index in [2.05, 4.69) is 4.90 Å². The van der Waals surface area contributed by atoms with Gasteiger partial charge in [0.1, 0.15) is 5.83 Å². The van der Waals surface area contributed by atoms with Gasteiger partial charge in [-0.3, -0.25) is 0 Å². The smallest absolute Gasteiger partial charge is 0.125 e. The zero-order valence-corrected chi connectivity index (χ0v) is 13.2. The Bertz CT molecular complexity index is 405. The minimum absolute atomic E-state index is 0.108. The van der Waals surface area contributed by atoms with E-state index in [-0.39, 0.29) is 5.83 Å². The summed E-state index contributed by atoms with van der Waals surface area (Å²) in [5.74, 6) is -0.108. The molecule has 1 aliphatic carbocycles. The van der Waals surface area contributed by atoms with Gasteiger partial charge in [-0.05, 0) is 70.2 Å². The molecule has 2 aliphatic rings. The van der Waals surface area contributed by atoms with Gasteiger partial charge in [-0.25, -0.2) is 4.39 Å². The Balaban J connectivity index is 1.50. The third-order valence-corrected chi connectivity index (χ3v) is 4.26. The predicted octanol–water partition coefficient (Wildman–Crippen LogP) is 4.40. The molecule has 0 bridgehead atoms. The second kappa shape index (κ2) is 9.16. The fourth-order valence-electron chi connectivity index (χ4n) is 2.86. The molecule has 0 N–H and O–H groups in total. The van der Waals surface area contributed by atoms with Crippen molar-refractivity contribution in [3.63, 3.8) is 0 Å². The molecule has 0 aromatic carbocycles. The van der Waals surface area contributed by atoms with Crippen molar-refractivity contribution in [3.8, 4) is 0 Å². The van der Waals surface area contributed by atoms with Gasteiger partial charge < -0.3 is 9.64 Å². The Morgan fingerprint density at radius 2 is 1.90 bits per heavy atom. The van der Waals surface area contributed by atoms with Crippen LogP contribution in [0, 0.1) is 0 Å². The van der Waals surface area contributed by atoms with E-state index in [1.807, 2.05) is 19.1 Å². The predicted molar refractivity (Wildman–Crippen MR) is 86.0 cm³/mol. The molecule has 0 aromatic heterocycles. The van der Waals surface area contributed by atoms with Crippen LogP contribution in [0.5, 0.6) is 0 Å². The quantitative estimate of drug-likeness (QED) is 0.615. The van der Waals surface area contributed by atoms with E-state index in [1.165, 1.54) is 38.0 Å². The maximum absolute atomic E-state index is 13.4. The highest BCUT2D eigenvalue weighted by Crippen LogP contribution is 2.21. The zero-order chi connectivity index (χ0) is 14.9. The van der Waals surface area contributed by atoms with E-state index in [0.717, 1.165) is 44.5 Å². The number of ether oxygens (including phenoxy) is 1. The second-order valence-corrected chi connectivity index (χ2v) is 6.05. The van der Waals surface area contributed by atoms with Crippen LogP contribution >= 0.6 is 0 Å². The summed E-state index contributed by atoms with van der Waals surface area (Å²) >= 11 is 0. The molecule has 21 heavy (non-hydrogen) atoms. The molecule has 0 spiro atoms. The van der Waals surface area contributed by atoms with Gasteiger partial charge in [0.2, 0.25) is 0 Å². The van der Waals surface area contributed by atoms with E-state index in [0.29, 0.717) is 0 Å². The van der Waals surface area contributed by atoms with Crippen LogP contribution < -0.4 is 0 Å². The molecule has 1 fully saturated rings. The molecule has 3 heteroatoms. The number of rotatable bonds is 8. The van der Waals surface area contributed by atoms with E-state index < -0.39 is 0 Å². The van der Waals surface area contributed by atoms with Gasteiger partial charge >= 0.3 is 0 Å². The number of likely N-dealkylation sites (tertiary alicyclic amines) is 1. The molecule has 118 valence electrons. The van der Waals surface area contributed by atoms with Gasteiger partial charge in [0.05, 0.1) is 0 Å². The number of hydrogen-bond donors (Lipinski definition) is 0. The summed E-state index contributed by atoms with van der Waals surface area (Å²) in [6.07, 6.45) is 12.2. The SMILES string of the molecule is CC1=CCC(CCCOCCCN2CCCC2)=CC=C1F. The lowest BCUT2D eigenvalue weighted by atomic mass is 10.1. The molecular formula is C18H28FNO. The number of allylic oxidation sites excluding steroid dienone is 6. The number of halogens is 1. The van der Waals surface area contributed by atoms with Gasteiger partial charge in [0.15, 0.2) is 0 Å². The fraction of sp³-hybridized carbons (Fsp3) is 0.667. The van der Waals surface area contributed by atoms with Crippen molar-refractivity contribution in [1.82, 2.24) is 4.90 Å². The van der Waals surface area contributed by atoms with Crippen molar-refractivity contribution in [1.29, 1.82) is 0 Å². The van der Waals surface area contributed by atoms with Crippen LogP contribution in [0.15, 0.2) is 35.2 Å². The summed E-state index contributed by atoms with van der Waals surface area (Å²) in [7, 11) is 0. The summed E-state index contributed by atoms with van der Waals surface area (Å²) in [5, 5.41) is 0. The van der Waals surface area contributed by atoms with Crippen molar-refractivity contribution in [3.05, 3.63) is 35.2 Å². The molecule has 0 atom stereocenters. The minimum atomic E-state index is -0.108. The Labute approximate surface area is 128 Å². The zero-order valence-electron chi connectivity index (χ0n) is 13.2. The Hall–Kier alpha value is -0.930. The van der Waals surface area contributed by atoms with Crippen LogP contribution in [0.1, 0.15) is 45.4 Å². The minimum Gasteiger partial charge on any atom is -0.381 e. The Morgan fingerprint density at radius 3 is 2.71 bits per heavy atom. The molecule has 2 nitrogen and oxygen atoms in total.